The number of nitrogens with zero attached hydrogens (tertiary/aromatic N) is 1. The molecular weight excluding hydrogens is 260 g/mol. The Morgan fingerprint density at radius 2 is 1.95 bits per heavy atom. The van der Waals surface area contributed by atoms with Gasteiger partial charge in [-0.25, -0.2) is 0 Å². The maximum Gasteiger partial charge on any atom is 0.222 e. The molecular formula is C18H28N2O. The summed E-state index contributed by atoms with van der Waals surface area (Å²) in [5.41, 5.74) is 2.55. The molecule has 1 amide bonds. The lowest BCUT2D eigenvalue weighted by atomic mass is 10.0. The summed E-state index contributed by atoms with van der Waals surface area (Å²) in [6.07, 6.45) is 6.47. The minimum absolute atomic E-state index is 0.252. The predicted molar refractivity (Wildman–Crippen MR) is 87.2 cm³/mol. The van der Waals surface area contributed by atoms with Gasteiger partial charge in [0.2, 0.25) is 5.91 Å². The first-order valence-electron chi connectivity index (χ1n) is 8.24. The summed E-state index contributed by atoms with van der Waals surface area (Å²) in [7, 11) is 1.91. The number of hydrogen-bond donors (Lipinski definition) is 1. The van der Waals surface area contributed by atoms with E-state index in [1.54, 1.807) is 0 Å². The van der Waals surface area contributed by atoms with Crippen molar-refractivity contribution in [2.24, 2.45) is 0 Å². The van der Waals surface area contributed by atoms with E-state index in [1.165, 1.54) is 30.4 Å². The number of hydrogen-bond acceptors (Lipinski definition) is 2. The molecule has 0 spiro atoms. The van der Waals surface area contributed by atoms with Crippen molar-refractivity contribution in [2.75, 3.05) is 13.6 Å². The predicted octanol–water partition coefficient (Wildman–Crippen LogP) is 3.13. The maximum absolute atomic E-state index is 12.2. The minimum Gasteiger partial charge on any atom is -0.341 e. The zero-order valence-corrected chi connectivity index (χ0v) is 13.4. The summed E-state index contributed by atoms with van der Waals surface area (Å²) in [6, 6.07) is 9.11. The zero-order valence-electron chi connectivity index (χ0n) is 13.4. The topological polar surface area (TPSA) is 32.3 Å². The van der Waals surface area contributed by atoms with E-state index in [-0.39, 0.29) is 5.91 Å². The van der Waals surface area contributed by atoms with Gasteiger partial charge >= 0.3 is 0 Å². The number of amides is 1. The van der Waals surface area contributed by atoms with Gasteiger partial charge in [-0.05, 0) is 43.4 Å². The van der Waals surface area contributed by atoms with Gasteiger partial charge in [-0.2, -0.15) is 0 Å². The number of nitrogens with one attached hydrogen (secondary N) is 1. The fourth-order valence-electron chi connectivity index (χ4n) is 2.90. The second-order valence-corrected chi connectivity index (χ2v) is 6.11. The molecule has 1 aliphatic rings. The van der Waals surface area contributed by atoms with Gasteiger partial charge in [0.05, 0.1) is 0 Å². The molecule has 1 heterocycles. The Bertz CT molecular complexity index is 435. The lowest BCUT2D eigenvalue weighted by Crippen LogP contribution is -2.35. The molecule has 1 atom stereocenters. The molecule has 116 valence electrons. The van der Waals surface area contributed by atoms with Gasteiger partial charge in [0.25, 0.3) is 0 Å². The molecule has 1 N–H and O–H groups in total. The Morgan fingerprint density at radius 1 is 1.24 bits per heavy atom. The molecule has 21 heavy (non-hydrogen) atoms. The molecule has 0 radical (unpaired) electrons. The van der Waals surface area contributed by atoms with Crippen LogP contribution in [0.25, 0.3) is 0 Å². The van der Waals surface area contributed by atoms with Crippen molar-refractivity contribution in [3.63, 3.8) is 0 Å². The van der Waals surface area contributed by atoms with E-state index < -0.39 is 0 Å². The number of rotatable bonds is 6. The van der Waals surface area contributed by atoms with Gasteiger partial charge in [0, 0.05) is 26.1 Å². The SMILES string of the molecule is CCc1ccc(CN(C)C(=O)CCC2CCCCN2)cc1. The van der Waals surface area contributed by atoms with Crippen LogP contribution in [0.1, 0.15) is 50.2 Å². The van der Waals surface area contributed by atoms with Crippen LogP contribution >= 0.6 is 0 Å². The van der Waals surface area contributed by atoms with Gasteiger partial charge in [-0.15, -0.1) is 0 Å². The third kappa shape index (κ3) is 5.16. The summed E-state index contributed by atoms with van der Waals surface area (Å²) in [5, 5.41) is 3.50. The lowest BCUT2D eigenvalue weighted by molar-refractivity contribution is -0.130. The normalized spacial score (nSPS) is 18.5. The molecule has 3 nitrogen and oxygen atoms in total. The Morgan fingerprint density at radius 3 is 2.57 bits per heavy atom. The molecule has 0 aliphatic carbocycles. The van der Waals surface area contributed by atoms with E-state index in [1.807, 2.05) is 11.9 Å². The molecule has 1 fully saturated rings. The highest BCUT2D eigenvalue weighted by atomic mass is 16.2. The van der Waals surface area contributed by atoms with Crippen molar-refractivity contribution in [2.45, 2.75) is 58.0 Å². The fourth-order valence-corrected chi connectivity index (χ4v) is 2.90. The summed E-state index contributed by atoms with van der Waals surface area (Å²) in [6.45, 7) is 3.98. The van der Waals surface area contributed by atoms with Crippen molar-refractivity contribution in [3.8, 4) is 0 Å². The Kier molecular flexibility index (Phi) is 6.24. The molecule has 0 bridgehead atoms. The Labute approximate surface area is 128 Å². The van der Waals surface area contributed by atoms with E-state index in [2.05, 4.69) is 36.5 Å². The Hall–Kier alpha value is -1.35. The first-order chi connectivity index (χ1) is 10.2. The number of piperidine rings is 1. The number of carbonyl (C=O) groups excluding carboxylic acids is 1. The monoisotopic (exact) mass is 288 g/mol. The second kappa shape index (κ2) is 8.18. The molecule has 1 saturated heterocycles. The van der Waals surface area contributed by atoms with Crippen LogP contribution < -0.4 is 5.32 Å². The van der Waals surface area contributed by atoms with Crippen molar-refractivity contribution in [1.82, 2.24) is 10.2 Å². The first-order valence-corrected chi connectivity index (χ1v) is 8.24. The average Bonchev–Trinajstić information content (AvgIpc) is 2.54. The van der Waals surface area contributed by atoms with Gasteiger partial charge in [0.1, 0.15) is 0 Å². The highest BCUT2D eigenvalue weighted by Crippen LogP contribution is 2.13. The van der Waals surface area contributed by atoms with Crippen LogP contribution in [0.15, 0.2) is 24.3 Å². The second-order valence-electron chi connectivity index (χ2n) is 6.11. The molecule has 1 aromatic rings. The molecule has 1 unspecified atom stereocenters. The molecule has 0 saturated carbocycles. The van der Waals surface area contributed by atoms with E-state index >= 15 is 0 Å². The van der Waals surface area contributed by atoms with E-state index in [9.17, 15) is 4.79 Å². The third-order valence-electron chi connectivity index (χ3n) is 4.40. The summed E-state index contributed by atoms with van der Waals surface area (Å²) in [5.74, 6) is 0.252. The molecule has 1 aliphatic heterocycles. The Balaban J connectivity index is 1.75. The average molecular weight is 288 g/mol. The van der Waals surface area contributed by atoms with E-state index in [0.29, 0.717) is 19.0 Å². The number of carbonyl (C=O) groups is 1. The maximum atomic E-state index is 12.2. The molecule has 0 aromatic heterocycles. The van der Waals surface area contributed by atoms with Crippen LogP contribution in [-0.4, -0.2) is 30.4 Å². The van der Waals surface area contributed by atoms with Gasteiger partial charge in [-0.3, -0.25) is 4.79 Å². The van der Waals surface area contributed by atoms with Crippen LogP contribution in [0.4, 0.5) is 0 Å². The van der Waals surface area contributed by atoms with E-state index in [4.69, 9.17) is 0 Å². The van der Waals surface area contributed by atoms with Crippen LogP contribution in [-0.2, 0) is 17.8 Å². The quantitative estimate of drug-likeness (QED) is 0.872. The highest BCUT2D eigenvalue weighted by molar-refractivity contribution is 5.75. The zero-order chi connectivity index (χ0) is 15.1. The smallest absolute Gasteiger partial charge is 0.222 e. The fraction of sp³-hybridized carbons (Fsp3) is 0.611. The minimum atomic E-state index is 0.252. The van der Waals surface area contributed by atoms with Crippen LogP contribution in [0, 0.1) is 0 Å². The third-order valence-corrected chi connectivity index (χ3v) is 4.40. The summed E-state index contributed by atoms with van der Waals surface area (Å²) in [4.78, 5) is 14.1. The van der Waals surface area contributed by atoms with Crippen molar-refractivity contribution in [3.05, 3.63) is 35.4 Å². The van der Waals surface area contributed by atoms with Crippen LogP contribution in [0.5, 0.6) is 0 Å². The van der Waals surface area contributed by atoms with Crippen molar-refractivity contribution >= 4 is 5.91 Å². The van der Waals surface area contributed by atoms with Gasteiger partial charge in [0.15, 0.2) is 0 Å². The van der Waals surface area contributed by atoms with Crippen molar-refractivity contribution < 1.29 is 4.79 Å². The lowest BCUT2D eigenvalue weighted by Gasteiger charge is -2.24. The van der Waals surface area contributed by atoms with Crippen LogP contribution in [0.3, 0.4) is 0 Å². The number of benzene rings is 1. The van der Waals surface area contributed by atoms with E-state index in [0.717, 1.165) is 19.4 Å². The van der Waals surface area contributed by atoms with Crippen molar-refractivity contribution in [1.29, 1.82) is 0 Å². The molecule has 1 aromatic carbocycles. The first kappa shape index (κ1) is 16.0. The largest absolute Gasteiger partial charge is 0.341 e. The van der Waals surface area contributed by atoms with Crippen LogP contribution in [0.2, 0.25) is 0 Å². The number of aryl methyl sites for hydroxylation is 1. The standard InChI is InChI=1S/C18H28N2O/c1-3-15-7-9-16(10-8-15)14-20(2)18(21)12-11-17-6-4-5-13-19-17/h7-10,17,19H,3-6,11-14H2,1-2H3. The summed E-state index contributed by atoms with van der Waals surface area (Å²) < 4.78 is 0. The van der Waals surface area contributed by atoms with Gasteiger partial charge < -0.3 is 10.2 Å². The molecule has 2 rings (SSSR count). The molecule has 3 heteroatoms. The highest BCUT2D eigenvalue weighted by Gasteiger charge is 2.16. The van der Waals surface area contributed by atoms with Gasteiger partial charge in [-0.1, -0.05) is 37.6 Å². The summed E-state index contributed by atoms with van der Waals surface area (Å²) >= 11 is 0.